The zero-order valence-corrected chi connectivity index (χ0v) is 9.82. The van der Waals surface area contributed by atoms with Crippen LogP contribution in [-0.4, -0.2) is 29.1 Å². The second kappa shape index (κ2) is 5.14. The van der Waals surface area contributed by atoms with E-state index in [0.29, 0.717) is 5.69 Å². The fourth-order valence-electron chi connectivity index (χ4n) is 1.38. The van der Waals surface area contributed by atoms with Crippen molar-refractivity contribution in [2.75, 3.05) is 11.9 Å². The highest BCUT2D eigenvalue weighted by Crippen LogP contribution is 2.24. The molecule has 94 valence electrons. The van der Waals surface area contributed by atoms with Crippen LogP contribution in [0.1, 0.15) is 12.5 Å². The second-order valence-electron chi connectivity index (χ2n) is 3.70. The largest absolute Gasteiger partial charge is 0.480 e. The Morgan fingerprint density at radius 3 is 2.67 bits per heavy atom. The number of nitriles is 1. The molecule has 0 heterocycles. The molecule has 0 fully saturated rings. The molecular formula is C11H11N3O4. The zero-order chi connectivity index (χ0) is 13.9. The molecule has 0 aliphatic heterocycles. The molecule has 0 aliphatic rings. The maximum atomic E-state index is 10.8. The van der Waals surface area contributed by atoms with E-state index in [1.807, 2.05) is 0 Å². The van der Waals surface area contributed by atoms with Crippen LogP contribution in [-0.2, 0) is 4.79 Å². The van der Waals surface area contributed by atoms with Crippen LogP contribution in [0.25, 0.3) is 0 Å². The number of anilines is 1. The number of benzene rings is 1. The van der Waals surface area contributed by atoms with Crippen LogP contribution in [0.5, 0.6) is 0 Å². The lowest BCUT2D eigenvalue weighted by Gasteiger charge is -2.23. The van der Waals surface area contributed by atoms with Gasteiger partial charge in [0, 0.05) is 18.8 Å². The van der Waals surface area contributed by atoms with Crippen molar-refractivity contribution in [1.82, 2.24) is 0 Å². The Balaban J connectivity index is 3.18. The molecule has 0 saturated carbocycles. The molecule has 7 nitrogen and oxygen atoms in total. The van der Waals surface area contributed by atoms with Gasteiger partial charge in [0.15, 0.2) is 0 Å². The Morgan fingerprint density at radius 1 is 1.61 bits per heavy atom. The number of carbonyl (C=O) groups is 1. The number of nitro benzene ring substituents is 1. The number of carboxylic acids is 1. The Kier molecular flexibility index (Phi) is 3.84. The minimum atomic E-state index is -1.02. The predicted octanol–water partition coefficient (Wildman–Crippen LogP) is 1.38. The van der Waals surface area contributed by atoms with Gasteiger partial charge in [-0.1, -0.05) is 0 Å². The van der Waals surface area contributed by atoms with Crippen molar-refractivity contribution < 1.29 is 14.8 Å². The number of likely N-dealkylation sites (N-methyl/N-ethyl adjacent to an activating group) is 1. The van der Waals surface area contributed by atoms with Gasteiger partial charge in [0.2, 0.25) is 0 Å². The summed E-state index contributed by atoms with van der Waals surface area (Å²) in [4.78, 5) is 22.3. The number of rotatable bonds is 4. The third-order valence-electron chi connectivity index (χ3n) is 2.64. The highest BCUT2D eigenvalue weighted by molar-refractivity contribution is 5.78. The van der Waals surface area contributed by atoms with E-state index in [0.717, 1.165) is 0 Å². The van der Waals surface area contributed by atoms with Gasteiger partial charge >= 0.3 is 5.97 Å². The Morgan fingerprint density at radius 2 is 2.22 bits per heavy atom. The molecule has 1 N–H and O–H groups in total. The number of nitrogens with zero attached hydrogens (tertiary/aromatic N) is 3. The van der Waals surface area contributed by atoms with Gasteiger partial charge in [-0.25, -0.2) is 4.79 Å². The molecule has 1 atom stereocenters. The maximum absolute atomic E-state index is 10.8. The minimum Gasteiger partial charge on any atom is -0.480 e. The smallest absolute Gasteiger partial charge is 0.326 e. The minimum absolute atomic E-state index is 0.0954. The molecule has 7 heteroatoms. The van der Waals surface area contributed by atoms with Crippen molar-refractivity contribution in [1.29, 1.82) is 5.26 Å². The monoisotopic (exact) mass is 249 g/mol. The normalized spacial score (nSPS) is 11.4. The summed E-state index contributed by atoms with van der Waals surface area (Å²) in [7, 11) is 1.54. The van der Waals surface area contributed by atoms with Crippen LogP contribution in [0.2, 0.25) is 0 Å². The summed E-state index contributed by atoms with van der Waals surface area (Å²) >= 11 is 0. The lowest BCUT2D eigenvalue weighted by Crippen LogP contribution is -2.35. The molecule has 0 saturated heterocycles. The van der Waals surface area contributed by atoms with Gasteiger partial charge in [-0.2, -0.15) is 5.26 Å². The van der Waals surface area contributed by atoms with Crippen molar-refractivity contribution in [2.45, 2.75) is 13.0 Å². The van der Waals surface area contributed by atoms with Crippen molar-refractivity contribution in [3.8, 4) is 6.07 Å². The number of aliphatic carboxylic acids is 1. The van der Waals surface area contributed by atoms with Crippen LogP contribution >= 0.6 is 0 Å². The van der Waals surface area contributed by atoms with Gasteiger partial charge in [-0.15, -0.1) is 0 Å². The fraction of sp³-hybridized carbons (Fsp3) is 0.273. The second-order valence-corrected chi connectivity index (χ2v) is 3.70. The summed E-state index contributed by atoms with van der Waals surface area (Å²) < 4.78 is 0. The Hall–Kier alpha value is -2.62. The molecule has 0 aromatic heterocycles. The highest BCUT2D eigenvalue weighted by Gasteiger charge is 2.20. The lowest BCUT2D eigenvalue weighted by atomic mass is 10.1. The predicted molar refractivity (Wildman–Crippen MR) is 63.3 cm³/mol. The van der Waals surface area contributed by atoms with E-state index >= 15 is 0 Å². The van der Waals surface area contributed by atoms with E-state index in [9.17, 15) is 14.9 Å². The number of carboxylic acid groups (broad SMARTS) is 1. The first kappa shape index (κ1) is 13.4. The molecular weight excluding hydrogens is 238 g/mol. The van der Waals surface area contributed by atoms with Crippen molar-refractivity contribution in [3.05, 3.63) is 33.9 Å². The van der Waals surface area contributed by atoms with Gasteiger partial charge in [0.1, 0.15) is 17.7 Å². The van der Waals surface area contributed by atoms with E-state index in [-0.39, 0.29) is 11.3 Å². The van der Waals surface area contributed by atoms with E-state index in [4.69, 9.17) is 10.4 Å². The van der Waals surface area contributed by atoms with Gasteiger partial charge < -0.3 is 10.0 Å². The average Bonchev–Trinajstić information content (AvgIpc) is 2.35. The number of nitro groups is 1. The summed E-state index contributed by atoms with van der Waals surface area (Å²) in [6, 6.07) is 4.84. The van der Waals surface area contributed by atoms with Crippen LogP contribution in [0.4, 0.5) is 11.4 Å². The van der Waals surface area contributed by atoms with E-state index in [1.165, 1.54) is 30.0 Å². The number of hydrogen-bond donors (Lipinski definition) is 1. The molecule has 0 radical (unpaired) electrons. The first-order chi connectivity index (χ1) is 8.38. The van der Waals surface area contributed by atoms with Gasteiger partial charge in [0.25, 0.3) is 5.69 Å². The summed E-state index contributed by atoms with van der Waals surface area (Å²) in [5.41, 5.74) is 0.0478. The van der Waals surface area contributed by atoms with Crippen molar-refractivity contribution in [3.63, 3.8) is 0 Å². The molecule has 0 aliphatic carbocycles. The number of hydrogen-bond acceptors (Lipinski definition) is 5. The third-order valence-corrected chi connectivity index (χ3v) is 2.64. The van der Waals surface area contributed by atoms with Crippen LogP contribution < -0.4 is 4.90 Å². The van der Waals surface area contributed by atoms with Crippen LogP contribution in [0.3, 0.4) is 0 Å². The van der Waals surface area contributed by atoms with Gasteiger partial charge in [0.05, 0.1) is 4.92 Å². The highest BCUT2D eigenvalue weighted by atomic mass is 16.6. The summed E-state index contributed by atoms with van der Waals surface area (Å²) in [5.74, 6) is -1.02. The molecule has 1 aromatic rings. The van der Waals surface area contributed by atoms with Crippen molar-refractivity contribution >= 4 is 17.3 Å². The topological polar surface area (TPSA) is 107 Å². The van der Waals surface area contributed by atoms with Gasteiger partial charge in [-0.3, -0.25) is 10.1 Å². The van der Waals surface area contributed by atoms with E-state index in [2.05, 4.69) is 0 Å². The molecule has 0 bridgehead atoms. The molecule has 1 rings (SSSR count). The van der Waals surface area contributed by atoms with E-state index < -0.39 is 16.9 Å². The first-order valence-corrected chi connectivity index (χ1v) is 5.02. The summed E-state index contributed by atoms with van der Waals surface area (Å²) in [5, 5.41) is 28.4. The zero-order valence-electron chi connectivity index (χ0n) is 9.82. The van der Waals surface area contributed by atoms with Crippen molar-refractivity contribution in [2.24, 2.45) is 0 Å². The Labute approximate surface area is 103 Å². The summed E-state index contributed by atoms with van der Waals surface area (Å²) in [6.45, 7) is 1.48. The molecule has 0 spiro atoms. The Bertz CT molecular complexity index is 536. The quantitative estimate of drug-likeness (QED) is 0.637. The van der Waals surface area contributed by atoms with Crippen LogP contribution in [0.15, 0.2) is 18.2 Å². The average molecular weight is 249 g/mol. The molecule has 0 amide bonds. The first-order valence-electron chi connectivity index (χ1n) is 5.02. The maximum Gasteiger partial charge on any atom is 0.326 e. The lowest BCUT2D eigenvalue weighted by molar-refractivity contribution is -0.385. The third kappa shape index (κ3) is 2.55. The fourth-order valence-corrected chi connectivity index (χ4v) is 1.38. The van der Waals surface area contributed by atoms with E-state index in [1.54, 1.807) is 13.1 Å². The molecule has 1 unspecified atom stereocenters. The summed E-state index contributed by atoms with van der Waals surface area (Å²) in [6.07, 6.45) is 0. The molecule has 1 aromatic carbocycles. The SMILES string of the molecule is CC(C(=O)O)N(C)c1ccc([N+](=O)[O-])c(C#N)c1. The standard InChI is InChI=1S/C11H11N3O4/c1-7(11(15)16)13(2)9-3-4-10(14(17)18)8(5-9)6-12/h3-5,7H,1-2H3,(H,15,16). The van der Waals surface area contributed by atoms with Crippen LogP contribution in [0, 0.1) is 21.4 Å². The van der Waals surface area contributed by atoms with Gasteiger partial charge in [-0.05, 0) is 19.1 Å². The molecule has 18 heavy (non-hydrogen) atoms.